The number of nitrogens with zero attached hydrogens (tertiary/aromatic N) is 2. The van der Waals surface area contributed by atoms with E-state index >= 15 is 0 Å². The standard InChI is InChI=1S/C16H18F3N3/c1-22-11-21-9-14(22)8-20-10-15(6-7-15)12-2-4-13(5-3-12)16(17,18)19/h2-5,9,11,20H,6-8,10H2,1H3. The molecular weight excluding hydrogens is 291 g/mol. The zero-order valence-corrected chi connectivity index (χ0v) is 12.3. The van der Waals surface area contributed by atoms with Gasteiger partial charge in [-0.2, -0.15) is 13.2 Å². The Morgan fingerprint density at radius 1 is 1.23 bits per heavy atom. The van der Waals surface area contributed by atoms with Crippen LogP contribution >= 0.6 is 0 Å². The van der Waals surface area contributed by atoms with E-state index in [4.69, 9.17) is 0 Å². The lowest BCUT2D eigenvalue weighted by Gasteiger charge is -2.17. The largest absolute Gasteiger partial charge is 0.416 e. The van der Waals surface area contributed by atoms with Crippen LogP contribution in [-0.4, -0.2) is 16.1 Å². The Balaban J connectivity index is 1.63. The molecule has 3 rings (SSSR count). The maximum atomic E-state index is 12.6. The van der Waals surface area contributed by atoms with E-state index < -0.39 is 11.7 Å². The minimum atomic E-state index is -4.27. The van der Waals surface area contributed by atoms with Crippen LogP contribution in [0.15, 0.2) is 36.8 Å². The van der Waals surface area contributed by atoms with Crippen LogP contribution in [0.2, 0.25) is 0 Å². The summed E-state index contributed by atoms with van der Waals surface area (Å²) in [7, 11) is 1.94. The highest BCUT2D eigenvalue weighted by Gasteiger charge is 2.44. The number of aryl methyl sites for hydroxylation is 1. The summed E-state index contributed by atoms with van der Waals surface area (Å²) < 4.78 is 39.8. The van der Waals surface area contributed by atoms with Gasteiger partial charge in [0.1, 0.15) is 0 Å². The van der Waals surface area contributed by atoms with Crippen molar-refractivity contribution in [2.24, 2.45) is 7.05 Å². The average molecular weight is 309 g/mol. The van der Waals surface area contributed by atoms with E-state index in [0.29, 0.717) is 6.54 Å². The molecule has 1 N–H and O–H groups in total. The average Bonchev–Trinajstić information content (AvgIpc) is 3.16. The molecule has 0 aliphatic heterocycles. The fraction of sp³-hybridized carbons (Fsp3) is 0.438. The van der Waals surface area contributed by atoms with Crippen LogP contribution in [0.4, 0.5) is 13.2 Å². The molecule has 0 amide bonds. The maximum Gasteiger partial charge on any atom is 0.416 e. The number of aromatic nitrogens is 2. The first-order valence-electron chi connectivity index (χ1n) is 7.24. The van der Waals surface area contributed by atoms with Crippen molar-refractivity contribution in [3.8, 4) is 0 Å². The van der Waals surface area contributed by atoms with Gasteiger partial charge in [0.05, 0.1) is 17.6 Å². The van der Waals surface area contributed by atoms with Crippen LogP contribution in [-0.2, 0) is 25.2 Å². The van der Waals surface area contributed by atoms with E-state index in [2.05, 4.69) is 10.3 Å². The topological polar surface area (TPSA) is 29.9 Å². The van der Waals surface area contributed by atoms with E-state index in [0.717, 1.165) is 30.6 Å². The third-order valence-electron chi connectivity index (χ3n) is 4.36. The number of halogens is 3. The van der Waals surface area contributed by atoms with Gasteiger partial charge in [0.15, 0.2) is 0 Å². The van der Waals surface area contributed by atoms with Gasteiger partial charge >= 0.3 is 6.18 Å². The Kier molecular flexibility index (Phi) is 3.72. The zero-order chi connectivity index (χ0) is 15.8. The van der Waals surface area contributed by atoms with E-state index in [1.54, 1.807) is 18.5 Å². The summed E-state index contributed by atoms with van der Waals surface area (Å²) in [5, 5.41) is 3.39. The molecule has 1 aromatic heterocycles. The van der Waals surface area contributed by atoms with Gasteiger partial charge < -0.3 is 9.88 Å². The Bertz CT molecular complexity index is 639. The van der Waals surface area contributed by atoms with Crippen molar-refractivity contribution in [2.45, 2.75) is 31.0 Å². The van der Waals surface area contributed by atoms with E-state index in [9.17, 15) is 13.2 Å². The number of hydrogen-bond acceptors (Lipinski definition) is 2. The van der Waals surface area contributed by atoms with Crippen molar-refractivity contribution in [2.75, 3.05) is 6.54 Å². The highest BCUT2D eigenvalue weighted by molar-refractivity contribution is 5.35. The molecule has 6 heteroatoms. The van der Waals surface area contributed by atoms with Crippen molar-refractivity contribution in [3.05, 3.63) is 53.6 Å². The summed E-state index contributed by atoms with van der Waals surface area (Å²) in [5.74, 6) is 0. The second-order valence-corrected chi connectivity index (χ2v) is 5.95. The lowest BCUT2D eigenvalue weighted by atomic mass is 9.95. The minimum Gasteiger partial charge on any atom is -0.337 e. The third kappa shape index (κ3) is 3.02. The Morgan fingerprint density at radius 3 is 2.41 bits per heavy atom. The molecule has 2 aromatic rings. The number of hydrogen-bond donors (Lipinski definition) is 1. The molecule has 0 unspecified atom stereocenters. The van der Waals surface area contributed by atoms with Crippen LogP contribution < -0.4 is 5.32 Å². The summed E-state index contributed by atoms with van der Waals surface area (Å²) in [5.41, 5.74) is 1.47. The van der Waals surface area contributed by atoms with Gasteiger partial charge in [-0.05, 0) is 30.5 Å². The maximum absolute atomic E-state index is 12.6. The van der Waals surface area contributed by atoms with Gasteiger partial charge in [-0.3, -0.25) is 0 Å². The molecule has 0 spiro atoms. The van der Waals surface area contributed by atoms with Crippen molar-refractivity contribution in [1.29, 1.82) is 0 Å². The predicted octanol–water partition coefficient (Wildman–Crippen LogP) is 3.26. The first kappa shape index (κ1) is 15.1. The monoisotopic (exact) mass is 309 g/mol. The van der Waals surface area contributed by atoms with Gasteiger partial charge in [0.25, 0.3) is 0 Å². The molecule has 0 atom stereocenters. The van der Waals surface area contributed by atoms with Crippen LogP contribution in [0.3, 0.4) is 0 Å². The third-order valence-corrected chi connectivity index (χ3v) is 4.36. The number of alkyl halides is 3. The molecule has 1 saturated carbocycles. The molecule has 22 heavy (non-hydrogen) atoms. The summed E-state index contributed by atoms with van der Waals surface area (Å²) in [4.78, 5) is 4.06. The molecule has 1 aliphatic rings. The van der Waals surface area contributed by atoms with E-state index in [1.165, 1.54) is 12.1 Å². The minimum absolute atomic E-state index is 0.0112. The number of benzene rings is 1. The predicted molar refractivity (Wildman–Crippen MR) is 77.3 cm³/mol. The summed E-state index contributed by atoms with van der Waals surface area (Å²) in [6, 6.07) is 5.58. The fourth-order valence-electron chi connectivity index (χ4n) is 2.72. The van der Waals surface area contributed by atoms with Gasteiger partial charge in [0, 0.05) is 31.7 Å². The van der Waals surface area contributed by atoms with Gasteiger partial charge in [-0.1, -0.05) is 12.1 Å². The lowest BCUT2D eigenvalue weighted by molar-refractivity contribution is -0.137. The molecule has 1 fully saturated rings. The van der Waals surface area contributed by atoms with Crippen molar-refractivity contribution in [3.63, 3.8) is 0 Å². The molecule has 1 heterocycles. The van der Waals surface area contributed by atoms with Crippen LogP contribution in [0.1, 0.15) is 29.7 Å². The van der Waals surface area contributed by atoms with Crippen LogP contribution in [0, 0.1) is 0 Å². The van der Waals surface area contributed by atoms with Gasteiger partial charge in [0.2, 0.25) is 0 Å². The molecule has 118 valence electrons. The first-order chi connectivity index (χ1) is 10.4. The fourth-order valence-corrected chi connectivity index (χ4v) is 2.72. The van der Waals surface area contributed by atoms with Gasteiger partial charge in [-0.15, -0.1) is 0 Å². The molecular formula is C16H18F3N3. The summed E-state index contributed by atoms with van der Waals surface area (Å²) in [6.45, 7) is 1.47. The van der Waals surface area contributed by atoms with Crippen molar-refractivity contribution >= 4 is 0 Å². The number of rotatable bonds is 5. The lowest BCUT2D eigenvalue weighted by Crippen LogP contribution is -2.27. The molecule has 3 nitrogen and oxygen atoms in total. The highest BCUT2D eigenvalue weighted by Crippen LogP contribution is 2.48. The van der Waals surface area contributed by atoms with Crippen LogP contribution in [0.25, 0.3) is 0 Å². The highest BCUT2D eigenvalue weighted by atomic mass is 19.4. The second-order valence-electron chi connectivity index (χ2n) is 5.95. The summed E-state index contributed by atoms with van der Waals surface area (Å²) >= 11 is 0. The van der Waals surface area contributed by atoms with E-state index in [-0.39, 0.29) is 5.41 Å². The smallest absolute Gasteiger partial charge is 0.337 e. The normalized spacial score (nSPS) is 16.7. The SMILES string of the molecule is Cn1cncc1CNCC1(c2ccc(C(F)(F)F)cc2)CC1. The molecule has 1 aromatic carbocycles. The molecule has 0 radical (unpaired) electrons. The Labute approximate surface area is 127 Å². The quantitative estimate of drug-likeness (QED) is 0.919. The van der Waals surface area contributed by atoms with Crippen LogP contribution in [0.5, 0.6) is 0 Å². The number of nitrogens with one attached hydrogen (secondary N) is 1. The molecule has 0 saturated heterocycles. The molecule has 1 aliphatic carbocycles. The Hall–Kier alpha value is -1.82. The second kappa shape index (κ2) is 5.43. The van der Waals surface area contributed by atoms with Gasteiger partial charge in [-0.25, -0.2) is 4.98 Å². The summed E-state index contributed by atoms with van der Waals surface area (Å²) in [6.07, 6.45) is 1.31. The van der Waals surface area contributed by atoms with Crippen molar-refractivity contribution in [1.82, 2.24) is 14.9 Å². The van der Waals surface area contributed by atoms with E-state index in [1.807, 2.05) is 17.8 Å². The molecule has 0 bridgehead atoms. The zero-order valence-electron chi connectivity index (χ0n) is 12.3. The van der Waals surface area contributed by atoms with Crippen molar-refractivity contribution < 1.29 is 13.2 Å². The Morgan fingerprint density at radius 2 is 1.91 bits per heavy atom. The number of imidazole rings is 1. The first-order valence-corrected chi connectivity index (χ1v) is 7.24.